The highest BCUT2D eigenvalue weighted by atomic mass is 16.5. The summed E-state index contributed by atoms with van der Waals surface area (Å²) in [5.41, 5.74) is -1.24. The molecule has 1 aliphatic heterocycles. The molecule has 0 aromatic rings. The number of carbonyl (C=O) groups is 1. The number of amides is 1. The van der Waals surface area contributed by atoms with E-state index in [0.717, 1.165) is 38.9 Å². The predicted molar refractivity (Wildman–Crippen MR) is 85.0 cm³/mol. The molecule has 4 nitrogen and oxygen atoms in total. The summed E-state index contributed by atoms with van der Waals surface area (Å²) >= 11 is 0. The van der Waals surface area contributed by atoms with E-state index in [2.05, 4.69) is 12.2 Å². The van der Waals surface area contributed by atoms with E-state index in [1.165, 1.54) is 0 Å². The van der Waals surface area contributed by atoms with Gasteiger partial charge in [0.25, 0.3) is 0 Å². The van der Waals surface area contributed by atoms with Gasteiger partial charge >= 0.3 is 0 Å². The van der Waals surface area contributed by atoms with Gasteiger partial charge in [0.15, 0.2) is 0 Å². The molecule has 0 saturated carbocycles. The second-order valence-electron chi connectivity index (χ2n) is 7.49. The first-order chi connectivity index (χ1) is 9.69. The Balaban J connectivity index is 2.48. The Bertz CT molecular complexity index is 333. The minimum absolute atomic E-state index is 0.0394. The van der Waals surface area contributed by atoms with E-state index in [1.54, 1.807) is 6.92 Å². The van der Waals surface area contributed by atoms with E-state index in [-0.39, 0.29) is 11.8 Å². The van der Waals surface area contributed by atoms with Gasteiger partial charge in [0.1, 0.15) is 0 Å². The summed E-state index contributed by atoms with van der Waals surface area (Å²) in [6, 6.07) is 0. The zero-order chi connectivity index (χ0) is 16.1. The highest BCUT2D eigenvalue weighted by Gasteiger charge is 2.34. The molecule has 0 radical (unpaired) electrons. The monoisotopic (exact) mass is 299 g/mol. The molecule has 124 valence electrons. The van der Waals surface area contributed by atoms with Crippen LogP contribution in [0.4, 0.5) is 0 Å². The third kappa shape index (κ3) is 5.59. The van der Waals surface area contributed by atoms with Crippen LogP contribution in [0.3, 0.4) is 0 Å². The third-order valence-corrected chi connectivity index (χ3v) is 5.04. The normalized spacial score (nSPS) is 21.6. The smallest absolute Gasteiger partial charge is 0.225 e. The zero-order valence-corrected chi connectivity index (χ0v) is 14.4. The lowest BCUT2D eigenvalue weighted by Crippen LogP contribution is -2.48. The Morgan fingerprint density at radius 1 is 1.33 bits per heavy atom. The average molecular weight is 299 g/mol. The molecule has 0 aliphatic carbocycles. The molecule has 4 heteroatoms. The van der Waals surface area contributed by atoms with Crippen molar-refractivity contribution in [1.82, 2.24) is 5.32 Å². The molecule has 0 bridgehead atoms. The largest absolute Gasteiger partial charge is 0.388 e. The van der Waals surface area contributed by atoms with Crippen molar-refractivity contribution in [1.29, 1.82) is 0 Å². The van der Waals surface area contributed by atoms with Gasteiger partial charge in [0.2, 0.25) is 5.91 Å². The van der Waals surface area contributed by atoms with Gasteiger partial charge in [0, 0.05) is 25.2 Å². The van der Waals surface area contributed by atoms with Gasteiger partial charge in [-0.15, -0.1) is 0 Å². The van der Waals surface area contributed by atoms with Gasteiger partial charge in [-0.3, -0.25) is 4.79 Å². The first-order valence-electron chi connectivity index (χ1n) is 8.27. The van der Waals surface area contributed by atoms with Crippen LogP contribution in [0, 0.1) is 17.3 Å². The first-order valence-corrected chi connectivity index (χ1v) is 8.27. The molecule has 2 unspecified atom stereocenters. The molecule has 1 fully saturated rings. The number of rotatable bonds is 7. The van der Waals surface area contributed by atoms with Gasteiger partial charge in [-0.2, -0.15) is 0 Å². The molecule has 1 aliphatic rings. The Hall–Kier alpha value is -0.610. The maximum Gasteiger partial charge on any atom is 0.225 e. The van der Waals surface area contributed by atoms with E-state index >= 15 is 0 Å². The van der Waals surface area contributed by atoms with Crippen LogP contribution < -0.4 is 5.32 Å². The summed E-state index contributed by atoms with van der Waals surface area (Å²) in [4.78, 5) is 12.4. The number of aliphatic hydroxyl groups is 1. The molecule has 0 aromatic carbocycles. The topological polar surface area (TPSA) is 58.6 Å². The minimum Gasteiger partial charge on any atom is -0.388 e. The number of hydrogen-bond donors (Lipinski definition) is 2. The fourth-order valence-electron chi connectivity index (χ4n) is 2.88. The zero-order valence-electron chi connectivity index (χ0n) is 14.4. The molecule has 1 heterocycles. The molecule has 0 aromatic heterocycles. The molecule has 2 N–H and O–H groups in total. The van der Waals surface area contributed by atoms with Crippen LogP contribution in [0.5, 0.6) is 0 Å². The Labute approximate surface area is 129 Å². The standard InChI is InChI=1S/C17H33NO3/c1-6-13(2)17(5,20)12-18-15(19)16(3,4)11-14-7-9-21-10-8-14/h13-14,20H,6-12H2,1-5H3,(H,18,19). The number of nitrogens with one attached hydrogen (secondary N) is 1. The quantitative estimate of drug-likeness (QED) is 0.760. The summed E-state index contributed by atoms with van der Waals surface area (Å²) in [6.07, 6.45) is 3.87. The molecule has 1 rings (SSSR count). The molecule has 1 saturated heterocycles. The van der Waals surface area contributed by atoms with Crippen LogP contribution in [-0.4, -0.2) is 36.4 Å². The van der Waals surface area contributed by atoms with E-state index in [0.29, 0.717) is 12.5 Å². The fraction of sp³-hybridized carbons (Fsp3) is 0.941. The SMILES string of the molecule is CCC(C)C(C)(O)CNC(=O)C(C)(C)CC1CCOCC1. The van der Waals surface area contributed by atoms with Crippen LogP contribution in [0.25, 0.3) is 0 Å². The lowest BCUT2D eigenvalue weighted by molar-refractivity contribution is -0.132. The van der Waals surface area contributed by atoms with Crippen LogP contribution >= 0.6 is 0 Å². The van der Waals surface area contributed by atoms with Crippen molar-refractivity contribution in [3.05, 3.63) is 0 Å². The molecule has 21 heavy (non-hydrogen) atoms. The van der Waals surface area contributed by atoms with Gasteiger partial charge < -0.3 is 15.2 Å². The number of carbonyl (C=O) groups excluding carboxylic acids is 1. The second kappa shape index (κ2) is 7.59. The van der Waals surface area contributed by atoms with Crippen LogP contribution in [-0.2, 0) is 9.53 Å². The highest BCUT2D eigenvalue weighted by Crippen LogP contribution is 2.31. The summed E-state index contributed by atoms with van der Waals surface area (Å²) in [5.74, 6) is 0.767. The molecule has 0 spiro atoms. The molecular weight excluding hydrogens is 266 g/mol. The molecule has 2 atom stereocenters. The van der Waals surface area contributed by atoms with E-state index in [4.69, 9.17) is 4.74 Å². The van der Waals surface area contributed by atoms with Gasteiger partial charge in [-0.25, -0.2) is 0 Å². The van der Waals surface area contributed by atoms with Crippen LogP contribution in [0.2, 0.25) is 0 Å². The molecular formula is C17H33NO3. The van der Waals surface area contributed by atoms with E-state index in [1.807, 2.05) is 20.8 Å². The average Bonchev–Trinajstić information content (AvgIpc) is 2.44. The van der Waals surface area contributed by atoms with Crippen molar-refractivity contribution >= 4 is 5.91 Å². The van der Waals surface area contributed by atoms with Crippen molar-refractivity contribution in [2.45, 2.75) is 65.9 Å². The Morgan fingerprint density at radius 3 is 2.43 bits per heavy atom. The van der Waals surface area contributed by atoms with Crippen molar-refractivity contribution in [3.8, 4) is 0 Å². The summed E-state index contributed by atoms with van der Waals surface area (Å²) in [7, 11) is 0. The number of hydrogen-bond acceptors (Lipinski definition) is 3. The third-order valence-electron chi connectivity index (χ3n) is 5.04. The van der Waals surface area contributed by atoms with Crippen molar-refractivity contribution in [2.75, 3.05) is 19.8 Å². The Morgan fingerprint density at radius 2 is 1.90 bits per heavy atom. The lowest BCUT2D eigenvalue weighted by Gasteiger charge is -2.34. The van der Waals surface area contributed by atoms with Gasteiger partial charge in [-0.05, 0) is 38.0 Å². The van der Waals surface area contributed by atoms with E-state index < -0.39 is 11.0 Å². The van der Waals surface area contributed by atoms with Gasteiger partial charge in [0.05, 0.1) is 5.60 Å². The lowest BCUT2D eigenvalue weighted by atomic mass is 9.79. The van der Waals surface area contributed by atoms with Crippen LogP contribution in [0.1, 0.15) is 60.3 Å². The summed E-state index contributed by atoms with van der Waals surface area (Å²) < 4.78 is 5.37. The highest BCUT2D eigenvalue weighted by molar-refractivity contribution is 5.81. The minimum atomic E-state index is -0.848. The Kier molecular flexibility index (Phi) is 6.67. The van der Waals surface area contributed by atoms with E-state index in [9.17, 15) is 9.90 Å². The van der Waals surface area contributed by atoms with Crippen molar-refractivity contribution in [2.24, 2.45) is 17.3 Å². The number of ether oxygens (including phenoxy) is 1. The summed E-state index contributed by atoms with van der Waals surface area (Å²) in [6.45, 7) is 11.8. The fourth-order valence-corrected chi connectivity index (χ4v) is 2.88. The summed E-state index contributed by atoms with van der Waals surface area (Å²) in [5, 5.41) is 13.3. The predicted octanol–water partition coefficient (Wildman–Crippen LogP) is 2.74. The molecule has 1 amide bonds. The van der Waals surface area contributed by atoms with Gasteiger partial charge in [-0.1, -0.05) is 34.1 Å². The second-order valence-corrected chi connectivity index (χ2v) is 7.49. The van der Waals surface area contributed by atoms with Crippen molar-refractivity contribution in [3.63, 3.8) is 0 Å². The first kappa shape index (κ1) is 18.4. The maximum absolute atomic E-state index is 12.4. The van der Waals surface area contributed by atoms with Crippen molar-refractivity contribution < 1.29 is 14.6 Å². The van der Waals surface area contributed by atoms with Crippen LogP contribution in [0.15, 0.2) is 0 Å². The maximum atomic E-state index is 12.4.